The van der Waals surface area contributed by atoms with Crippen LogP contribution in [0.4, 0.5) is 19.0 Å². The molecule has 0 radical (unpaired) electrons. The highest BCUT2D eigenvalue weighted by molar-refractivity contribution is 5.90. The van der Waals surface area contributed by atoms with Gasteiger partial charge >= 0.3 is 6.18 Å². The molecule has 33 heavy (non-hydrogen) atoms. The van der Waals surface area contributed by atoms with E-state index < -0.39 is 17.5 Å². The predicted octanol–water partition coefficient (Wildman–Crippen LogP) is 3.87. The van der Waals surface area contributed by atoms with Gasteiger partial charge in [-0.05, 0) is 42.7 Å². The fourth-order valence-corrected chi connectivity index (χ4v) is 3.90. The molecule has 6 nitrogen and oxygen atoms in total. The van der Waals surface area contributed by atoms with E-state index in [1.165, 1.54) is 12.3 Å². The summed E-state index contributed by atoms with van der Waals surface area (Å²) in [5.74, 6) is 5.53. The fraction of sp³-hybridized carbons (Fsp3) is 0.167. The zero-order valence-corrected chi connectivity index (χ0v) is 17.1. The minimum absolute atomic E-state index is 0.0748. The third kappa shape index (κ3) is 3.75. The van der Waals surface area contributed by atoms with Crippen LogP contribution in [0.25, 0.3) is 22.3 Å². The van der Waals surface area contributed by atoms with Gasteiger partial charge in [0.2, 0.25) is 0 Å². The van der Waals surface area contributed by atoms with Gasteiger partial charge in [-0.1, -0.05) is 30.0 Å². The van der Waals surface area contributed by atoms with Crippen LogP contribution in [-0.4, -0.2) is 25.0 Å². The molecule has 1 aromatic carbocycles. The quantitative estimate of drug-likeness (QED) is 0.430. The number of anilines is 1. The van der Waals surface area contributed by atoms with Crippen molar-refractivity contribution in [1.82, 2.24) is 19.9 Å². The van der Waals surface area contributed by atoms with Crippen molar-refractivity contribution in [3.05, 3.63) is 77.4 Å². The van der Waals surface area contributed by atoms with Gasteiger partial charge in [0.1, 0.15) is 11.3 Å². The van der Waals surface area contributed by atoms with Gasteiger partial charge in [0.15, 0.2) is 17.1 Å². The molecule has 0 saturated carbocycles. The second-order valence-electron chi connectivity index (χ2n) is 7.69. The summed E-state index contributed by atoms with van der Waals surface area (Å²) in [4.78, 5) is 16.1. The molecule has 0 aliphatic heterocycles. The van der Waals surface area contributed by atoms with Gasteiger partial charge in [-0.25, -0.2) is 15.0 Å². The number of fused-ring (bicyclic) bond motifs is 2. The first kappa shape index (κ1) is 20.8. The number of benzene rings is 1. The molecule has 1 atom stereocenters. The van der Waals surface area contributed by atoms with Crippen LogP contribution in [-0.2, 0) is 18.2 Å². The molecule has 164 valence electrons. The molecular weight excluding hydrogens is 431 g/mol. The Balaban J connectivity index is 1.58. The summed E-state index contributed by atoms with van der Waals surface area (Å²) in [7, 11) is 0. The largest absolute Gasteiger partial charge is 0.434 e. The maximum atomic E-state index is 13.7. The standard InChI is InChI=1S/C24H16F3N5O/c25-24(26,27)20-17-8-12-30-21(28)18(17)31-22(32-20)16-4-1-3-14(13-16)6-9-23(33)10-7-15-5-2-11-29-19(15)23/h1-5,8,11-13,33H,7,10H2,(H2,28,30). The molecule has 9 heteroatoms. The molecular formula is C24H16F3N5O. The van der Waals surface area contributed by atoms with E-state index in [-0.39, 0.29) is 22.5 Å². The van der Waals surface area contributed by atoms with Gasteiger partial charge < -0.3 is 10.8 Å². The summed E-state index contributed by atoms with van der Waals surface area (Å²) in [6.45, 7) is 0. The van der Waals surface area contributed by atoms with Crippen molar-refractivity contribution in [2.24, 2.45) is 0 Å². The monoisotopic (exact) mass is 447 g/mol. The first-order valence-electron chi connectivity index (χ1n) is 10.0. The Hall–Kier alpha value is -4.03. The smallest absolute Gasteiger partial charge is 0.382 e. The number of hydrogen-bond donors (Lipinski definition) is 2. The number of hydrogen-bond acceptors (Lipinski definition) is 6. The van der Waals surface area contributed by atoms with Crippen LogP contribution in [0.5, 0.6) is 0 Å². The van der Waals surface area contributed by atoms with Gasteiger partial charge in [0.05, 0.1) is 5.69 Å². The number of aryl methyl sites for hydroxylation is 1. The number of halogens is 3. The van der Waals surface area contributed by atoms with Gasteiger partial charge in [0.25, 0.3) is 0 Å². The lowest BCUT2D eigenvalue weighted by Gasteiger charge is -2.15. The van der Waals surface area contributed by atoms with Crippen LogP contribution in [0.3, 0.4) is 0 Å². The molecule has 3 heterocycles. The summed E-state index contributed by atoms with van der Waals surface area (Å²) >= 11 is 0. The van der Waals surface area contributed by atoms with Gasteiger partial charge in [-0.3, -0.25) is 4.98 Å². The lowest BCUT2D eigenvalue weighted by atomic mass is 10.0. The minimum atomic E-state index is -4.70. The highest BCUT2D eigenvalue weighted by Crippen LogP contribution is 2.36. The SMILES string of the molecule is Nc1nccc2c(C(F)(F)F)nc(-c3cccc(C#CC4(O)CCc5cccnc54)c3)nc12. The van der Waals surface area contributed by atoms with E-state index in [0.717, 1.165) is 5.56 Å². The van der Waals surface area contributed by atoms with Crippen LogP contribution in [0.2, 0.25) is 0 Å². The van der Waals surface area contributed by atoms with Crippen molar-refractivity contribution in [1.29, 1.82) is 0 Å². The molecule has 0 bridgehead atoms. The summed E-state index contributed by atoms with van der Waals surface area (Å²) < 4.78 is 41.0. The lowest BCUT2D eigenvalue weighted by molar-refractivity contribution is -0.139. The maximum Gasteiger partial charge on any atom is 0.434 e. The number of nitrogen functional groups attached to an aromatic ring is 1. The van der Waals surface area contributed by atoms with Crippen LogP contribution in [0.1, 0.15) is 28.9 Å². The van der Waals surface area contributed by atoms with E-state index in [2.05, 4.69) is 31.8 Å². The van der Waals surface area contributed by atoms with Gasteiger partial charge in [0, 0.05) is 28.9 Å². The molecule has 0 saturated heterocycles. The Labute approximate surface area is 186 Å². The summed E-state index contributed by atoms with van der Waals surface area (Å²) in [5.41, 5.74) is 5.54. The maximum absolute atomic E-state index is 13.7. The third-order valence-corrected chi connectivity index (χ3v) is 5.49. The van der Waals surface area contributed by atoms with Crippen molar-refractivity contribution in [3.63, 3.8) is 0 Å². The highest BCUT2D eigenvalue weighted by atomic mass is 19.4. The summed E-state index contributed by atoms with van der Waals surface area (Å²) in [6.07, 6.45) is -0.830. The zero-order valence-electron chi connectivity index (χ0n) is 17.1. The second-order valence-corrected chi connectivity index (χ2v) is 7.69. The average Bonchev–Trinajstić information content (AvgIpc) is 3.14. The topological polar surface area (TPSA) is 97.8 Å². The molecule has 4 aromatic rings. The van der Waals surface area contributed by atoms with Gasteiger partial charge in [-0.2, -0.15) is 13.2 Å². The van der Waals surface area contributed by atoms with Crippen molar-refractivity contribution in [3.8, 4) is 23.2 Å². The number of nitrogens with two attached hydrogens (primary N) is 1. The molecule has 3 aromatic heterocycles. The van der Waals surface area contributed by atoms with E-state index in [1.54, 1.807) is 30.5 Å². The van der Waals surface area contributed by atoms with Crippen molar-refractivity contribution < 1.29 is 18.3 Å². The number of rotatable bonds is 1. The van der Waals surface area contributed by atoms with Crippen molar-refractivity contribution in [2.45, 2.75) is 24.6 Å². The number of alkyl halides is 3. The third-order valence-electron chi connectivity index (χ3n) is 5.49. The Morgan fingerprint density at radius 3 is 2.70 bits per heavy atom. The Bertz CT molecular complexity index is 1460. The fourth-order valence-electron chi connectivity index (χ4n) is 3.90. The van der Waals surface area contributed by atoms with Crippen LogP contribution >= 0.6 is 0 Å². The molecule has 1 aliphatic rings. The Morgan fingerprint density at radius 2 is 1.88 bits per heavy atom. The Morgan fingerprint density at radius 1 is 1.03 bits per heavy atom. The van der Waals surface area contributed by atoms with Crippen LogP contribution in [0, 0.1) is 11.8 Å². The number of aliphatic hydroxyl groups is 1. The molecule has 0 spiro atoms. The zero-order chi connectivity index (χ0) is 23.2. The molecule has 5 rings (SSSR count). The first-order chi connectivity index (χ1) is 15.7. The number of nitrogens with zero attached hydrogens (tertiary/aromatic N) is 4. The minimum Gasteiger partial charge on any atom is -0.382 e. The van der Waals surface area contributed by atoms with Crippen LogP contribution < -0.4 is 5.73 Å². The van der Waals surface area contributed by atoms with Crippen LogP contribution in [0.15, 0.2) is 54.9 Å². The lowest BCUT2D eigenvalue weighted by Crippen LogP contribution is -2.20. The molecule has 1 unspecified atom stereocenters. The summed E-state index contributed by atoms with van der Waals surface area (Å²) in [6, 6.07) is 11.4. The van der Waals surface area contributed by atoms with Crippen molar-refractivity contribution >= 4 is 16.7 Å². The first-order valence-corrected chi connectivity index (χ1v) is 10.0. The molecule has 0 amide bonds. The molecule has 0 fully saturated rings. The normalized spacial score (nSPS) is 17.5. The molecule has 1 aliphatic carbocycles. The summed E-state index contributed by atoms with van der Waals surface area (Å²) in [5, 5.41) is 10.7. The highest BCUT2D eigenvalue weighted by Gasteiger charge is 2.37. The number of aromatic nitrogens is 4. The average molecular weight is 447 g/mol. The van der Waals surface area contributed by atoms with E-state index in [4.69, 9.17) is 5.73 Å². The molecule has 3 N–H and O–H groups in total. The van der Waals surface area contributed by atoms with E-state index in [1.807, 2.05) is 12.1 Å². The van der Waals surface area contributed by atoms with E-state index in [9.17, 15) is 18.3 Å². The van der Waals surface area contributed by atoms with E-state index >= 15 is 0 Å². The van der Waals surface area contributed by atoms with E-state index in [0.29, 0.717) is 29.7 Å². The van der Waals surface area contributed by atoms with Crippen molar-refractivity contribution in [2.75, 3.05) is 5.73 Å². The van der Waals surface area contributed by atoms with Gasteiger partial charge in [-0.15, -0.1) is 0 Å². The Kier molecular flexibility index (Phi) is 4.76. The predicted molar refractivity (Wildman–Crippen MR) is 116 cm³/mol. The second kappa shape index (κ2) is 7.53. The number of pyridine rings is 2.